The van der Waals surface area contributed by atoms with Crippen LogP contribution in [0, 0.1) is 0 Å². The van der Waals surface area contributed by atoms with Crippen LogP contribution in [-0.4, -0.2) is 22.6 Å². The predicted molar refractivity (Wildman–Crippen MR) is 72.1 cm³/mol. The highest BCUT2D eigenvalue weighted by Crippen LogP contribution is 2.23. The molecule has 1 heterocycles. The number of para-hydroxylation sites is 2. The average molecular weight is 260 g/mol. The van der Waals surface area contributed by atoms with E-state index in [1.807, 2.05) is 12.1 Å². The van der Waals surface area contributed by atoms with Crippen molar-refractivity contribution in [3.05, 3.63) is 42.5 Å². The molecule has 0 aliphatic rings. The van der Waals surface area contributed by atoms with Crippen molar-refractivity contribution in [1.82, 2.24) is 9.97 Å². The van der Waals surface area contributed by atoms with Gasteiger partial charge in [-0.3, -0.25) is 0 Å². The Labute approximate surface area is 111 Å². The number of benzene rings is 1. The summed E-state index contributed by atoms with van der Waals surface area (Å²) in [5, 5.41) is 2.53. The lowest BCUT2D eigenvalue weighted by Gasteiger charge is -2.10. The number of amides is 2. The Morgan fingerprint density at radius 3 is 3.00 bits per heavy atom. The fourth-order valence-corrected chi connectivity index (χ4v) is 1.69. The highest BCUT2D eigenvalue weighted by Gasteiger charge is 2.04. The number of primary amides is 1. The fraction of sp³-hybridized carbons (Fsp3) is 0.231. The van der Waals surface area contributed by atoms with Crippen LogP contribution in [0.2, 0.25) is 0 Å². The van der Waals surface area contributed by atoms with E-state index in [-0.39, 0.29) is 0 Å². The van der Waals surface area contributed by atoms with Crippen LogP contribution in [0.15, 0.2) is 36.8 Å². The summed E-state index contributed by atoms with van der Waals surface area (Å²) in [7, 11) is 0. The molecule has 0 saturated carbocycles. The van der Waals surface area contributed by atoms with Crippen molar-refractivity contribution in [1.29, 1.82) is 0 Å². The second kappa shape index (κ2) is 6.44. The maximum absolute atomic E-state index is 10.9. The molecule has 0 radical (unpaired) electrons. The fourth-order valence-electron chi connectivity index (χ4n) is 1.69. The van der Waals surface area contributed by atoms with Gasteiger partial charge in [0.1, 0.15) is 5.75 Å². The van der Waals surface area contributed by atoms with Gasteiger partial charge in [-0.25, -0.2) is 9.78 Å². The van der Waals surface area contributed by atoms with E-state index < -0.39 is 6.03 Å². The number of ether oxygens (including phenoxy) is 1. The van der Waals surface area contributed by atoms with Crippen molar-refractivity contribution in [2.24, 2.45) is 5.73 Å². The normalized spacial score (nSPS) is 10.1. The molecule has 0 bridgehead atoms. The van der Waals surface area contributed by atoms with E-state index in [9.17, 15) is 4.79 Å². The van der Waals surface area contributed by atoms with Crippen molar-refractivity contribution in [3.63, 3.8) is 0 Å². The van der Waals surface area contributed by atoms with Gasteiger partial charge in [-0.2, -0.15) is 0 Å². The van der Waals surface area contributed by atoms with Crippen molar-refractivity contribution in [2.75, 3.05) is 11.9 Å². The lowest BCUT2D eigenvalue weighted by Crippen LogP contribution is -2.19. The number of carbonyl (C=O) groups is 1. The maximum Gasteiger partial charge on any atom is 0.316 e. The topological polar surface area (TPSA) is 93.0 Å². The number of aryl methyl sites for hydroxylation is 1. The lowest BCUT2D eigenvalue weighted by atomic mass is 10.2. The number of aromatic amines is 1. The molecule has 100 valence electrons. The monoisotopic (exact) mass is 260 g/mol. The van der Waals surface area contributed by atoms with Gasteiger partial charge in [-0.15, -0.1) is 0 Å². The number of anilines is 1. The van der Waals surface area contributed by atoms with Crippen LogP contribution >= 0.6 is 0 Å². The number of nitrogens with one attached hydrogen (secondary N) is 2. The van der Waals surface area contributed by atoms with E-state index in [1.54, 1.807) is 24.7 Å². The number of hydrogen-bond donors (Lipinski definition) is 3. The van der Waals surface area contributed by atoms with E-state index in [2.05, 4.69) is 15.3 Å². The summed E-state index contributed by atoms with van der Waals surface area (Å²) >= 11 is 0. The van der Waals surface area contributed by atoms with Crippen LogP contribution in [0.5, 0.6) is 5.75 Å². The molecule has 0 spiro atoms. The van der Waals surface area contributed by atoms with Crippen molar-refractivity contribution in [2.45, 2.75) is 12.8 Å². The number of carbonyl (C=O) groups excluding carboxylic acids is 1. The Bertz CT molecular complexity index is 525. The molecule has 2 rings (SSSR count). The summed E-state index contributed by atoms with van der Waals surface area (Å²) < 4.78 is 5.63. The van der Waals surface area contributed by atoms with Gasteiger partial charge in [-0.1, -0.05) is 12.1 Å². The quantitative estimate of drug-likeness (QED) is 0.692. The van der Waals surface area contributed by atoms with Crippen LogP contribution in [-0.2, 0) is 6.42 Å². The van der Waals surface area contributed by atoms with Crippen LogP contribution in [0.3, 0.4) is 0 Å². The molecule has 4 N–H and O–H groups in total. The minimum atomic E-state index is -0.603. The molecule has 19 heavy (non-hydrogen) atoms. The van der Waals surface area contributed by atoms with E-state index in [0.717, 1.165) is 18.5 Å². The first-order chi connectivity index (χ1) is 9.25. The van der Waals surface area contributed by atoms with E-state index in [0.29, 0.717) is 18.0 Å². The van der Waals surface area contributed by atoms with Gasteiger partial charge < -0.3 is 20.8 Å². The average Bonchev–Trinajstić information content (AvgIpc) is 2.89. The summed E-state index contributed by atoms with van der Waals surface area (Å²) in [5.41, 5.74) is 6.75. The van der Waals surface area contributed by atoms with Gasteiger partial charge in [0.15, 0.2) is 0 Å². The van der Waals surface area contributed by atoms with Gasteiger partial charge in [0.05, 0.1) is 18.6 Å². The van der Waals surface area contributed by atoms with Crippen molar-refractivity contribution in [3.8, 4) is 5.75 Å². The first kappa shape index (κ1) is 12.9. The SMILES string of the molecule is NC(=O)Nc1ccccc1OCCCc1cnc[nH]1. The molecule has 0 aliphatic heterocycles. The molecule has 0 unspecified atom stereocenters. The minimum absolute atomic E-state index is 0.552. The number of hydrogen-bond acceptors (Lipinski definition) is 3. The van der Waals surface area contributed by atoms with Gasteiger partial charge in [0, 0.05) is 11.9 Å². The standard InChI is InChI=1S/C13H16N4O2/c14-13(18)17-11-5-1-2-6-12(11)19-7-3-4-10-8-15-9-16-10/h1-2,5-6,8-9H,3-4,7H2,(H,15,16)(H3,14,17,18). The molecule has 1 aromatic carbocycles. The zero-order valence-corrected chi connectivity index (χ0v) is 10.4. The third-order valence-corrected chi connectivity index (χ3v) is 2.55. The minimum Gasteiger partial charge on any atom is -0.491 e. The van der Waals surface area contributed by atoms with Crippen LogP contribution in [0.1, 0.15) is 12.1 Å². The number of rotatable bonds is 6. The van der Waals surface area contributed by atoms with Gasteiger partial charge in [0.25, 0.3) is 0 Å². The summed E-state index contributed by atoms with van der Waals surface area (Å²) in [4.78, 5) is 17.8. The number of nitrogens with zero attached hydrogens (tertiary/aromatic N) is 1. The number of aromatic nitrogens is 2. The number of imidazole rings is 1. The molecule has 6 nitrogen and oxygen atoms in total. The largest absolute Gasteiger partial charge is 0.491 e. The van der Waals surface area contributed by atoms with Crippen LogP contribution in [0.25, 0.3) is 0 Å². The Balaban J connectivity index is 1.83. The van der Waals surface area contributed by atoms with E-state index in [1.165, 1.54) is 0 Å². The number of nitrogens with two attached hydrogens (primary N) is 1. The molecule has 2 aromatic rings. The lowest BCUT2D eigenvalue weighted by molar-refractivity contribution is 0.259. The molecule has 0 aliphatic carbocycles. The zero-order valence-electron chi connectivity index (χ0n) is 10.4. The first-order valence-corrected chi connectivity index (χ1v) is 6.01. The molecule has 0 atom stereocenters. The zero-order chi connectivity index (χ0) is 13.5. The van der Waals surface area contributed by atoms with E-state index in [4.69, 9.17) is 10.5 Å². The van der Waals surface area contributed by atoms with Crippen molar-refractivity contribution >= 4 is 11.7 Å². The van der Waals surface area contributed by atoms with Gasteiger partial charge in [-0.05, 0) is 25.0 Å². The highest BCUT2D eigenvalue weighted by molar-refractivity contribution is 5.89. The first-order valence-electron chi connectivity index (χ1n) is 6.01. The number of urea groups is 1. The van der Waals surface area contributed by atoms with Gasteiger partial charge in [0.2, 0.25) is 0 Å². The molecule has 6 heteroatoms. The Kier molecular flexibility index (Phi) is 4.39. The molecule has 2 amide bonds. The second-order valence-electron chi connectivity index (χ2n) is 4.01. The van der Waals surface area contributed by atoms with Crippen LogP contribution < -0.4 is 15.8 Å². The summed E-state index contributed by atoms with van der Waals surface area (Å²) in [5.74, 6) is 0.617. The molecule has 0 saturated heterocycles. The molecule has 1 aromatic heterocycles. The van der Waals surface area contributed by atoms with Crippen LogP contribution in [0.4, 0.5) is 10.5 Å². The van der Waals surface area contributed by atoms with Gasteiger partial charge >= 0.3 is 6.03 Å². The Hall–Kier alpha value is -2.50. The number of H-pyrrole nitrogens is 1. The maximum atomic E-state index is 10.9. The summed E-state index contributed by atoms with van der Waals surface area (Å²) in [6.45, 7) is 0.552. The molecular formula is C13H16N4O2. The summed E-state index contributed by atoms with van der Waals surface area (Å²) in [6, 6.07) is 6.59. The van der Waals surface area contributed by atoms with Crippen molar-refractivity contribution < 1.29 is 9.53 Å². The third-order valence-electron chi connectivity index (χ3n) is 2.55. The summed E-state index contributed by atoms with van der Waals surface area (Å²) in [6.07, 6.45) is 5.17. The Morgan fingerprint density at radius 2 is 2.26 bits per heavy atom. The predicted octanol–water partition coefficient (Wildman–Crippen LogP) is 1.91. The Morgan fingerprint density at radius 1 is 1.42 bits per heavy atom. The highest BCUT2D eigenvalue weighted by atomic mass is 16.5. The molecular weight excluding hydrogens is 244 g/mol. The van der Waals surface area contributed by atoms with E-state index >= 15 is 0 Å². The third kappa shape index (κ3) is 4.02. The smallest absolute Gasteiger partial charge is 0.316 e. The second-order valence-corrected chi connectivity index (χ2v) is 4.01. The molecule has 0 fully saturated rings.